The number of aliphatic hydroxyl groups excluding tert-OH is 2. The normalized spacial score (nSPS) is 9.45. The fourth-order valence-corrected chi connectivity index (χ4v) is 0.598. The predicted molar refractivity (Wildman–Crippen MR) is 39.7 cm³/mol. The van der Waals surface area contributed by atoms with Crippen molar-refractivity contribution in [2.45, 2.75) is 6.92 Å². The van der Waals surface area contributed by atoms with Crippen molar-refractivity contribution in [1.29, 1.82) is 0 Å². The fraction of sp³-hybridized carbons (Fsp3) is 0.833. The van der Waals surface area contributed by atoms with Gasteiger partial charge in [0.15, 0.2) is 0 Å². The Kier molecular flexibility index (Phi) is 4.56. The SMILES string of the molecule is CCN(CO)C(=O)N(C)CO. The van der Waals surface area contributed by atoms with Gasteiger partial charge >= 0.3 is 6.03 Å². The van der Waals surface area contributed by atoms with E-state index in [9.17, 15) is 4.79 Å². The third-order valence-electron chi connectivity index (χ3n) is 1.36. The van der Waals surface area contributed by atoms with E-state index in [1.807, 2.05) is 0 Å². The van der Waals surface area contributed by atoms with Crippen LogP contribution in [0.25, 0.3) is 0 Å². The molecule has 0 saturated heterocycles. The zero-order valence-electron chi connectivity index (χ0n) is 6.82. The number of carbonyl (C=O) groups is 1. The van der Waals surface area contributed by atoms with E-state index in [4.69, 9.17) is 10.2 Å². The minimum Gasteiger partial charge on any atom is -0.376 e. The highest BCUT2D eigenvalue weighted by molar-refractivity contribution is 5.73. The second-order valence-electron chi connectivity index (χ2n) is 2.12. The predicted octanol–water partition coefficient (Wildman–Crippen LogP) is -0.740. The summed E-state index contributed by atoms with van der Waals surface area (Å²) in [5, 5.41) is 17.2. The first kappa shape index (κ1) is 10.2. The Hall–Kier alpha value is -0.810. The van der Waals surface area contributed by atoms with Crippen molar-refractivity contribution in [2.75, 3.05) is 27.1 Å². The second kappa shape index (κ2) is 4.92. The summed E-state index contributed by atoms with van der Waals surface area (Å²) < 4.78 is 0. The van der Waals surface area contributed by atoms with Crippen LogP contribution >= 0.6 is 0 Å². The molecule has 5 nitrogen and oxygen atoms in total. The monoisotopic (exact) mass is 162 g/mol. The number of rotatable bonds is 3. The highest BCUT2D eigenvalue weighted by atomic mass is 16.3. The molecule has 0 bridgehead atoms. The van der Waals surface area contributed by atoms with Gasteiger partial charge in [-0.25, -0.2) is 4.79 Å². The lowest BCUT2D eigenvalue weighted by Gasteiger charge is -2.23. The average Bonchev–Trinajstić information content (AvgIpc) is 2.05. The van der Waals surface area contributed by atoms with Crippen LogP contribution in [0.2, 0.25) is 0 Å². The van der Waals surface area contributed by atoms with Crippen LogP contribution in [-0.4, -0.2) is 53.1 Å². The number of hydrogen-bond donors (Lipinski definition) is 2. The molecule has 2 amide bonds. The van der Waals surface area contributed by atoms with Crippen LogP contribution in [0.5, 0.6) is 0 Å². The van der Waals surface area contributed by atoms with E-state index >= 15 is 0 Å². The number of carbonyl (C=O) groups excluding carboxylic acids is 1. The molecule has 66 valence electrons. The van der Waals surface area contributed by atoms with Crippen LogP contribution in [0.4, 0.5) is 4.79 Å². The van der Waals surface area contributed by atoms with Crippen molar-refractivity contribution < 1.29 is 15.0 Å². The summed E-state index contributed by atoms with van der Waals surface area (Å²) in [6, 6.07) is -0.377. The van der Waals surface area contributed by atoms with E-state index < -0.39 is 0 Å². The van der Waals surface area contributed by atoms with Crippen molar-refractivity contribution in [1.82, 2.24) is 9.80 Å². The van der Waals surface area contributed by atoms with Gasteiger partial charge in [-0.15, -0.1) is 0 Å². The molecule has 0 fully saturated rings. The number of aliphatic hydroxyl groups is 2. The van der Waals surface area contributed by atoms with Crippen LogP contribution in [0.3, 0.4) is 0 Å². The molecular weight excluding hydrogens is 148 g/mol. The zero-order chi connectivity index (χ0) is 8.85. The molecule has 0 aliphatic heterocycles. The van der Waals surface area contributed by atoms with Gasteiger partial charge in [-0.3, -0.25) is 0 Å². The van der Waals surface area contributed by atoms with E-state index in [1.165, 1.54) is 11.9 Å². The lowest BCUT2D eigenvalue weighted by Crippen LogP contribution is -2.41. The number of hydrogen-bond acceptors (Lipinski definition) is 3. The third kappa shape index (κ3) is 2.73. The van der Waals surface area contributed by atoms with Crippen LogP contribution < -0.4 is 0 Å². The summed E-state index contributed by atoms with van der Waals surface area (Å²) in [6.07, 6.45) is 0. The zero-order valence-corrected chi connectivity index (χ0v) is 6.82. The smallest absolute Gasteiger partial charge is 0.323 e. The van der Waals surface area contributed by atoms with Crippen LogP contribution in [0, 0.1) is 0 Å². The van der Waals surface area contributed by atoms with Crippen LogP contribution in [-0.2, 0) is 0 Å². The van der Waals surface area contributed by atoms with Gasteiger partial charge in [0.25, 0.3) is 0 Å². The molecule has 0 heterocycles. The highest BCUT2D eigenvalue weighted by Crippen LogP contribution is 1.93. The maximum Gasteiger partial charge on any atom is 0.323 e. The topological polar surface area (TPSA) is 64.0 Å². The molecule has 5 heteroatoms. The summed E-state index contributed by atoms with van der Waals surface area (Å²) in [5.74, 6) is 0. The van der Waals surface area contributed by atoms with Crippen molar-refractivity contribution in [3.05, 3.63) is 0 Å². The van der Waals surface area contributed by atoms with Gasteiger partial charge in [-0.05, 0) is 6.92 Å². The Morgan fingerprint density at radius 2 is 1.91 bits per heavy atom. The van der Waals surface area contributed by atoms with Crippen molar-refractivity contribution in [2.24, 2.45) is 0 Å². The fourth-order valence-electron chi connectivity index (χ4n) is 0.598. The summed E-state index contributed by atoms with van der Waals surface area (Å²) in [6.45, 7) is 1.52. The van der Waals surface area contributed by atoms with Crippen molar-refractivity contribution in [3.63, 3.8) is 0 Å². The highest BCUT2D eigenvalue weighted by Gasteiger charge is 2.13. The molecule has 0 spiro atoms. The van der Waals surface area contributed by atoms with E-state index in [-0.39, 0.29) is 19.5 Å². The van der Waals surface area contributed by atoms with Crippen molar-refractivity contribution in [3.8, 4) is 0 Å². The molecule has 0 aliphatic carbocycles. The minimum absolute atomic E-state index is 0.320. The molecule has 0 radical (unpaired) electrons. The Labute approximate surface area is 65.8 Å². The third-order valence-corrected chi connectivity index (χ3v) is 1.36. The molecule has 2 N–H and O–H groups in total. The van der Waals surface area contributed by atoms with E-state index in [0.717, 1.165) is 4.90 Å². The number of amides is 2. The maximum absolute atomic E-state index is 11.1. The Morgan fingerprint density at radius 3 is 2.18 bits per heavy atom. The molecule has 0 aromatic heterocycles. The average molecular weight is 162 g/mol. The maximum atomic E-state index is 11.1. The lowest BCUT2D eigenvalue weighted by molar-refractivity contribution is 0.0793. The molecular formula is C6H14N2O3. The first-order valence-electron chi connectivity index (χ1n) is 3.39. The summed E-state index contributed by atoms with van der Waals surface area (Å²) in [7, 11) is 1.46. The molecule has 0 unspecified atom stereocenters. The summed E-state index contributed by atoms with van der Waals surface area (Å²) in [5.41, 5.74) is 0. The van der Waals surface area contributed by atoms with Gasteiger partial charge in [0.05, 0.1) is 0 Å². The standard InChI is InChI=1S/C6H14N2O3/c1-3-8(5-10)6(11)7(2)4-9/h9-10H,3-5H2,1-2H3. The lowest BCUT2D eigenvalue weighted by atomic mass is 10.6. The molecule has 11 heavy (non-hydrogen) atoms. The van der Waals surface area contributed by atoms with Gasteiger partial charge in [0.2, 0.25) is 0 Å². The number of urea groups is 1. The first-order valence-corrected chi connectivity index (χ1v) is 3.39. The molecule has 0 aliphatic rings. The van der Waals surface area contributed by atoms with Gasteiger partial charge in [0, 0.05) is 13.6 Å². The van der Waals surface area contributed by atoms with Gasteiger partial charge < -0.3 is 20.0 Å². The molecule has 0 aromatic rings. The summed E-state index contributed by atoms with van der Waals surface area (Å²) in [4.78, 5) is 13.4. The molecule has 0 saturated carbocycles. The quantitative estimate of drug-likeness (QED) is 0.537. The van der Waals surface area contributed by atoms with Gasteiger partial charge in [-0.2, -0.15) is 0 Å². The Bertz CT molecular complexity index is 125. The van der Waals surface area contributed by atoms with Gasteiger partial charge in [0.1, 0.15) is 13.5 Å². The second-order valence-corrected chi connectivity index (χ2v) is 2.12. The number of nitrogens with zero attached hydrogens (tertiary/aromatic N) is 2. The van der Waals surface area contributed by atoms with E-state index in [1.54, 1.807) is 6.92 Å². The van der Waals surface area contributed by atoms with E-state index in [2.05, 4.69) is 0 Å². The molecule has 0 rings (SSSR count). The van der Waals surface area contributed by atoms with Gasteiger partial charge in [-0.1, -0.05) is 0 Å². The largest absolute Gasteiger partial charge is 0.376 e. The Balaban J connectivity index is 3.97. The first-order chi connectivity index (χ1) is 5.17. The van der Waals surface area contributed by atoms with Crippen LogP contribution in [0.15, 0.2) is 0 Å². The summed E-state index contributed by atoms with van der Waals surface area (Å²) >= 11 is 0. The van der Waals surface area contributed by atoms with Crippen LogP contribution in [0.1, 0.15) is 6.92 Å². The Morgan fingerprint density at radius 1 is 1.36 bits per heavy atom. The molecule has 0 aromatic carbocycles. The van der Waals surface area contributed by atoms with E-state index in [0.29, 0.717) is 6.54 Å². The molecule has 0 atom stereocenters. The minimum atomic E-state index is -0.377. The van der Waals surface area contributed by atoms with Crippen molar-refractivity contribution >= 4 is 6.03 Å².